The maximum atomic E-state index is 13.4. The Bertz CT molecular complexity index is 2460. The summed E-state index contributed by atoms with van der Waals surface area (Å²) in [5, 5.41) is 27.3. The van der Waals surface area contributed by atoms with Crippen LogP contribution in [0.25, 0.3) is 0 Å². The minimum atomic E-state index is -1.58. The number of nitrogens with one attached hydrogen (secondary N) is 4. The smallest absolute Gasteiger partial charge is 0.258 e. The van der Waals surface area contributed by atoms with Crippen LogP contribution in [0.5, 0.6) is 0 Å². The van der Waals surface area contributed by atoms with Crippen molar-refractivity contribution in [1.29, 1.82) is 0 Å². The van der Waals surface area contributed by atoms with E-state index in [0.29, 0.717) is 58.5 Å². The van der Waals surface area contributed by atoms with Crippen LogP contribution >= 0.6 is 46.4 Å². The maximum absolute atomic E-state index is 13.4. The van der Waals surface area contributed by atoms with Crippen LogP contribution < -0.4 is 21.3 Å². The summed E-state index contributed by atoms with van der Waals surface area (Å²) in [6, 6.07) is 23.1. The molecule has 14 nitrogen and oxygen atoms in total. The second kappa shape index (κ2) is 22.9. The quantitative estimate of drug-likeness (QED) is 0.0382. The van der Waals surface area contributed by atoms with E-state index in [1.807, 2.05) is 24.3 Å². The molecular weight excluding hydrogens is 902 g/mol. The summed E-state index contributed by atoms with van der Waals surface area (Å²) in [5.41, 5.74) is 5.28. The molecule has 4 N–H and O–H groups in total. The van der Waals surface area contributed by atoms with Gasteiger partial charge in [0.05, 0.1) is 10.0 Å². The average molecular weight is 945 g/mol. The zero-order valence-corrected chi connectivity index (χ0v) is 38.0. The average Bonchev–Trinajstić information content (AvgIpc) is 3.25. The second-order valence-electron chi connectivity index (χ2n) is 14.4. The first-order valence-electron chi connectivity index (χ1n) is 19.6. The lowest BCUT2D eigenvalue weighted by atomic mass is 10.1. The Kier molecular flexibility index (Phi) is 17.4. The van der Waals surface area contributed by atoms with Gasteiger partial charge in [-0.05, 0) is 136 Å². The molecule has 0 saturated carbocycles. The molecule has 18 heteroatoms. The van der Waals surface area contributed by atoms with E-state index in [0.717, 1.165) is 11.1 Å². The molecule has 4 amide bonds. The Balaban J connectivity index is 1.24. The molecule has 5 rings (SSSR count). The van der Waals surface area contributed by atoms with Crippen molar-refractivity contribution in [2.24, 2.45) is 20.5 Å². The van der Waals surface area contributed by atoms with E-state index in [1.165, 1.54) is 50.2 Å². The van der Waals surface area contributed by atoms with Gasteiger partial charge in [0.15, 0.2) is 11.6 Å². The molecule has 0 fully saturated rings. The molecule has 64 heavy (non-hydrogen) atoms. The molecule has 2 atom stereocenters. The van der Waals surface area contributed by atoms with Crippen molar-refractivity contribution in [2.75, 3.05) is 33.0 Å². The van der Waals surface area contributed by atoms with Crippen LogP contribution in [0.15, 0.2) is 118 Å². The van der Waals surface area contributed by atoms with E-state index < -0.39 is 47.3 Å². The van der Waals surface area contributed by atoms with Gasteiger partial charge >= 0.3 is 0 Å². The number of azo groups is 2. The van der Waals surface area contributed by atoms with Crippen LogP contribution in [0.1, 0.15) is 56.8 Å². The van der Waals surface area contributed by atoms with Crippen molar-refractivity contribution in [3.05, 3.63) is 140 Å². The van der Waals surface area contributed by atoms with Crippen LogP contribution in [0.4, 0.5) is 34.1 Å². The molecule has 5 aromatic carbocycles. The molecule has 330 valence electrons. The van der Waals surface area contributed by atoms with Crippen LogP contribution in [-0.4, -0.2) is 59.0 Å². The van der Waals surface area contributed by atoms with Crippen molar-refractivity contribution in [3.63, 3.8) is 0 Å². The molecule has 0 heterocycles. The standard InChI is InChI=1S/C46H42Cl4N8O6/c1-25-21-38(54-46(64)42(28(4)60)58-56-40-24-32(10-16-36(40)50)44(62)52-34-13-7-30(8-14-34)18-20-48)26(2)22-37(25)53-45(63)41(27(3)59)57-55-39-23-31(9-15-35(39)49)43(61)51-33-11-5-29(6-12-33)17-19-47/h5-16,21-24,41-42H,17-20H2,1-4H3,(H,51,61)(H,52,62)(H,53,63)(H,54,64). The number of Topliss-reactive ketones (excluding diaryl/α,β-unsaturated/α-hetero) is 2. The summed E-state index contributed by atoms with van der Waals surface area (Å²) in [6.45, 7) is 5.67. The number of carbonyl (C=O) groups excluding carboxylic acids is 6. The molecule has 2 unspecified atom stereocenters. The lowest BCUT2D eigenvalue weighted by Gasteiger charge is -2.16. The summed E-state index contributed by atoms with van der Waals surface area (Å²) in [5.74, 6) is -2.77. The van der Waals surface area contributed by atoms with Crippen LogP contribution in [0.3, 0.4) is 0 Å². The number of hydrogen-bond acceptors (Lipinski definition) is 10. The Labute approximate surface area is 389 Å². The number of anilines is 4. The molecule has 0 radical (unpaired) electrons. The molecule has 0 bridgehead atoms. The number of nitrogens with zero attached hydrogens (tertiary/aromatic N) is 4. The van der Waals surface area contributed by atoms with Gasteiger partial charge in [0.2, 0.25) is 12.1 Å². The van der Waals surface area contributed by atoms with Gasteiger partial charge < -0.3 is 21.3 Å². The number of carbonyl (C=O) groups is 6. The van der Waals surface area contributed by atoms with Gasteiger partial charge in [0, 0.05) is 45.6 Å². The largest absolute Gasteiger partial charge is 0.324 e. The SMILES string of the molecule is CC(=O)C(N=Nc1cc(C(=O)Nc2ccc(CCCl)cc2)ccc1Cl)C(=O)Nc1cc(C)c(NC(=O)C(N=Nc2cc(C(=O)Nc3ccc(CCCl)cc3)ccc2Cl)C(C)=O)cc1C. The third kappa shape index (κ3) is 13.3. The molecule has 0 aliphatic carbocycles. The normalized spacial score (nSPS) is 12.1. The van der Waals surface area contributed by atoms with Gasteiger partial charge in [0.1, 0.15) is 11.4 Å². The fourth-order valence-electron chi connectivity index (χ4n) is 5.96. The first kappa shape index (κ1) is 48.7. The van der Waals surface area contributed by atoms with Crippen molar-refractivity contribution < 1.29 is 28.8 Å². The van der Waals surface area contributed by atoms with Gasteiger partial charge in [0.25, 0.3) is 23.6 Å². The predicted octanol–water partition coefficient (Wildman–Crippen LogP) is 11.0. The molecule has 5 aromatic rings. The fraction of sp³-hybridized carbons (Fsp3) is 0.217. The number of hydrogen-bond donors (Lipinski definition) is 4. The van der Waals surface area contributed by atoms with Crippen LogP contribution in [-0.2, 0) is 32.0 Å². The van der Waals surface area contributed by atoms with E-state index >= 15 is 0 Å². The van der Waals surface area contributed by atoms with E-state index in [1.54, 1.807) is 50.2 Å². The maximum Gasteiger partial charge on any atom is 0.258 e. The third-order valence-electron chi connectivity index (χ3n) is 9.52. The highest BCUT2D eigenvalue weighted by Crippen LogP contribution is 2.30. The zero-order chi connectivity index (χ0) is 46.5. The molecule has 0 aromatic heterocycles. The third-order valence-corrected chi connectivity index (χ3v) is 10.5. The van der Waals surface area contributed by atoms with Gasteiger partial charge in [-0.25, -0.2) is 0 Å². The molecule has 0 aliphatic rings. The van der Waals surface area contributed by atoms with Crippen molar-refractivity contribution in [3.8, 4) is 0 Å². The number of alkyl halides is 2. The highest BCUT2D eigenvalue weighted by atomic mass is 35.5. The number of aryl methyl sites for hydroxylation is 4. The minimum absolute atomic E-state index is 0.0572. The Hall–Kier alpha value is -6.32. The lowest BCUT2D eigenvalue weighted by Crippen LogP contribution is -2.32. The topological polar surface area (TPSA) is 200 Å². The molecule has 0 aliphatic heterocycles. The number of rotatable bonds is 18. The first-order valence-corrected chi connectivity index (χ1v) is 21.5. The van der Waals surface area contributed by atoms with Crippen molar-refractivity contribution >= 4 is 116 Å². The summed E-state index contributed by atoms with van der Waals surface area (Å²) >= 11 is 24.3. The van der Waals surface area contributed by atoms with Crippen molar-refractivity contribution in [1.82, 2.24) is 0 Å². The van der Waals surface area contributed by atoms with E-state index in [-0.39, 0.29) is 32.5 Å². The molecular formula is C46H42Cl4N8O6. The molecule has 0 saturated heterocycles. The second-order valence-corrected chi connectivity index (χ2v) is 16.0. The van der Waals surface area contributed by atoms with Gasteiger partial charge in [-0.3, -0.25) is 28.8 Å². The Morgan fingerprint density at radius 3 is 1.20 bits per heavy atom. The zero-order valence-electron chi connectivity index (χ0n) is 35.0. The number of halogens is 4. The van der Waals surface area contributed by atoms with Gasteiger partial charge in [-0.15, -0.1) is 23.2 Å². The molecule has 0 spiro atoms. The van der Waals surface area contributed by atoms with E-state index in [4.69, 9.17) is 46.4 Å². The Morgan fingerprint density at radius 2 is 0.875 bits per heavy atom. The van der Waals surface area contributed by atoms with Crippen LogP contribution in [0.2, 0.25) is 10.0 Å². The summed E-state index contributed by atoms with van der Waals surface area (Å²) < 4.78 is 0. The minimum Gasteiger partial charge on any atom is -0.324 e. The summed E-state index contributed by atoms with van der Waals surface area (Å²) in [6.07, 6.45) is 1.39. The van der Waals surface area contributed by atoms with Crippen LogP contribution in [0, 0.1) is 13.8 Å². The fourth-order valence-corrected chi connectivity index (χ4v) is 6.71. The number of ketones is 2. The Morgan fingerprint density at radius 1 is 0.516 bits per heavy atom. The summed E-state index contributed by atoms with van der Waals surface area (Å²) in [7, 11) is 0. The first-order chi connectivity index (χ1) is 30.6. The summed E-state index contributed by atoms with van der Waals surface area (Å²) in [4.78, 5) is 78.1. The number of benzene rings is 5. The van der Waals surface area contributed by atoms with E-state index in [9.17, 15) is 28.8 Å². The highest BCUT2D eigenvalue weighted by molar-refractivity contribution is 6.33. The van der Waals surface area contributed by atoms with Gasteiger partial charge in [-0.1, -0.05) is 47.5 Å². The van der Waals surface area contributed by atoms with E-state index in [2.05, 4.69) is 41.7 Å². The number of amides is 4. The highest BCUT2D eigenvalue weighted by Gasteiger charge is 2.26. The predicted molar refractivity (Wildman–Crippen MR) is 252 cm³/mol. The lowest BCUT2D eigenvalue weighted by molar-refractivity contribution is -0.127. The van der Waals surface area contributed by atoms with Crippen molar-refractivity contribution in [2.45, 2.75) is 52.6 Å². The monoisotopic (exact) mass is 942 g/mol. The van der Waals surface area contributed by atoms with Gasteiger partial charge in [-0.2, -0.15) is 20.5 Å².